The Morgan fingerprint density at radius 1 is 0.846 bits per heavy atom. The van der Waals surface area contributed by atoms with Gasteiger partial charge >= 0.3 is 0 Å². The highest BCUT2D eigenvalue weighted by Gasteiger charge is 2.20. The maximum atomic E-state index is 12.6. The molecule has 0 aliphatic heterocycles. The molecule has 0 bridgehead atoms. The van der Waals surface area contributed by atoms with Crippen molar-refractivity contribution >= 4 is 11.6 Å². The van der Waals surface area contributed by atoms with Crippen LogP contribution in [0.4, 0.5) is 5.69 Å². The maximum Gasteiger partial charge on any atom is 0.273 e. The molecule has 0 radical (unpaired) electrons. The summed E-state index contributed by atoms with van der Waals surface area (Å²) < 4.78 is 0. The quantitative estimate of drug-likeness (QED) is 0.541. The van der Waals surface area contributed by atoms with Crippen LogP contribution < -0.4 is 5.32 Å². The third-order valence-corrected chi connectivity index (χ3v) is 4.11. The summed E-state index contributed by atoms with van der Waals surface area (Å²) in [6, 6.07) is 25.3. The third-order valence-electron chi connectivity index (χ3n) is 4.11. The number of benzene rings is 3. The Morgan fingerprint density at radius 3 is 1.88 bits per heavy atom. The smallest absolute Gasteiger partial charge is 0.273 e. The van der Waals surface area contributed by atoms with Gasteiger partial charge in [-0.2, -0.15) is 0 Å². The van der Waals surface area contributed by atoms with Crippen molar-refractivity contribution in [3.63, 3.8) is 0 Å². The Balaban J connectivity index is 1.84. The third kappa shape index (κ3) is 4.13. The van der Waals surface area contributed by atoms with Crippen molar-refractivity contribution in [1.29, 1.82) is 0 Å². The molecule has 0 fully saturated rings. The zero-order chi connectivity index (χ0) is 18.4. The minimum Gasteiger partial charge on any atom is -0.345 e. The summed E-state index contributed by atoms with van der Waals surface area (Å²) >= 11 is 0. The molecule has 5 nitrogen and oxygen atoms in total. The standard InChI is InChI=1S/C21H18N2O3/c24-20(15-18-13-7-8-14-19(18)23(25)26)22-21(16-9-3-1-4-10-16)17-11-5-2-6-12-17/h1-14,21H,15H2,(H,22,24). The first kappa shape index (κ1) is 17.4. The number of nitrogens with zero attached hydrogens (tertiary/aromatic N) is 1. The molecule has 0 aliphatic carbocycles. The number of hydrogen-bond donors (Lipinski definition) is 1. The van der Waals surface area contributed by atoms with Gasteiger partial charge in [0.1, 0.15) is 0 Å². The van der Waals surface area contributed by atoms with Crippen molar-refractivity contribution < 1.29 is 9.72 Å². The number of nitrogens with one attached hydrogen (secondary N) is 1. The number of rotatable bonds is 6. The highest BCUT2D eigenvalue weighted by Crippen LogP contribution is 2.23. The first-order chi connectivity index (χ1) is 12.6. The second kappa shape index (κ2) is 8.07. The molecule has 3 aromatic carbocycles. The highest BCUT2D eigenvalue weighted by atomic mass is 16.6. The molecule has 3 aromatic rings. The van der Waals surface area contributed by atoms with Gasteiger partial charge in [0.15, 0.2) is 0 Å². The maximum absolute atomic E-state index is 12.6. The molecule has 0 heterocycles. The van der Waals surface area contributed by atoms with Crippen molar-refractivity contribution in [3.8, 4) is 0 Å². The van der Waals surface area contributed by atoms with E-state index >= 15 is 0 Å². The number of nitro benzene ring substituents is 1. The van der Waals surface area contributed by atoms with E-state index in [1.165, 1.54) is 6.07 Å². The van der Waals surface area contributed by atoms with Crippen LogP contribution in [0.2, 0.25) is 0 Å². The largest absolute Gasteiger partial charge is 0.345 e. The van der Waals surface area contributed by atoms with Gasteiger partial charge in [-0.1, -0.05) is 78.9 Å². The van der Waals surface area contributed by atoms with Crippen LogP contribution in [0.25, 0.3) is 0 Å². The van der Waals surface area contributed by atoms with Crippen molar-refractivity contribution in [1.82, 2.24) is 5.32 Å². The van der Waals surface area contributed by atoms with Gasteiger partial charge in [0.2, 0.25) is 5.91 Å². The van der Waals surface area contributed by atoms with Crippen LogP contribution in [0.5, 0.6) is 0 Å². The van der Waals surface area contributed by atoms with Crippen LogP contribution in [-0.2, 0) is 11.2 Å². The summed E-state index contributed by atoms with van der Waals surface area (Å²) in [5, 5.41) is 14.1. The number of nitro groups is 1. The lowest BCUT2D eigenvalue weighted by Crippen LogP contribution is -2.30. The van der Waals surface area contributed by atoms with Gasteiger partial charge in [-0.15, -0.1) is 0 Å². The molecular weight excluding hydrogens is 328 g/mol. The summed E-state index contributed by atoms with van der Waals surface area (Å²) in [7, 11) is 0. The molecule has 0 atom stereocenters. The SMILES string of the molecule is O=C(Cc1ccccc1[N+](=O)[O-])NC(c1ccccc1)c1ccccc1. The van der Waals surface area contributed by atoms with E-state index in [1.807, 2.05) is 60.7 Å². The minimum atomic E-state index is -0.464. The monoisotopic (exact) mass is 346 g/mol. The second-order valence-corrected chi connectivity index (χ2v) is 5.88. The molecular formula is C21H18N2O3. The fourth-order valence-corrected chi connectivity index (χ4v) is 2.87. The van der Waals surface area contributed by atoms with Gasteiger partial charge in [0.25, 0.3) is 5.69 Å². The van der Waals surface area contributed by atoms with Gasteiger partial charge in [-0.25, -0.2) is 0 Å². The number of para-hydroxylation sites is 1. The van der Waals surface area contributed by atoms with Crippen LogP contribution in [0.3, 0.4) is 0 Å². The Morgan fingerprint density at radius 2 is 1.35 bits per heavy atom. The van der Waals surface area contributed by atoms with Crippen LogP contribution >= 0.6 is 0 Å². The molecule has 0 saturated heterocycles. The van der Waals surface area contributed by atoms with Gasteiger partial charge in [-0.05, 0) is 11.1 Å². The average molecular weight is 346 g/mol. The molecule has 1 N–H and O–H groups in total. The molecule has 130 valence electrons. The van der Waals surface area contributed by atoms with E-state index in [2.05, 4.69) is 5.32 Å². The zero-order valence-electron chi connectivity index (χ0n) is 14.0. The number of carbonyl (C=O) groups is 1. The first-order valence-corrected chi connectivity index (χ1v) is 8.26. The van der Waals surface area contributed by atoms with Gasteiger partial charge in [-0.3, -0.25) is 14.9 Å². The molecule has 0 unspecified atom stereocenters. The Bertz CT molecular complexity index is 856. The number of hydrogen-bond acceptors (Lipinski definition) is 3. The molecule has 0 aromatic heterocycles. The zero-order valence-corrected chi connectivity index (χ0v) is 14.0. The highest BCUT2D eigenvalue weighted by molar-refractivity contribution is 5.80. The van der Waals surface area contributed by atoms with E-state index in [0.717, 1.165) is 11.1 Å². The topological polar surface area (TPSA) is 72.2 Å². The predicted molar refractivity (Wildman–Crippen MR) is 99.7 cm³/mol. The Kier molecular flexibility index (Phi) is 5.39. The van der Waals surface area contributed by atoms with Crippen LogP contribution in [0.1, 0.15) is 22.7 Å². The van der Waals surface area contributed by atoms with Gasteiger partial charge < -0.3 is 5.32 Å². The lowest BCUT2D eigenvalue weighted by atomic mass is 9.98. The summed E-state index contributed by atoms with van der Waals surface area (Å²) in [5.41, 5.74) is 2.26. The normalized spacial score (nSPS) is 10.5. The molecule has 0 saturated carbocycles. The Hall–Kier alpha value is -3.47. The minimum absolute atomic E-state index is 0.0429. The fourth-order valence-electron chi connectivity index (χ4n) is 2.87. The van der Waals surface area contributed by atoms with Gasteiger partial charge in [0, 0.05) is 11.6 Å². The summed E-state index contributed by atoms with van der Waals surface area (Å²) in [5.74, 6) is -0.267. The van der Waals surface area contributed by atoms with Crippen LogP contribution in [0.15, 0.2) is 84.9 Å². The van der Waals surface area contributed by atoms with E-state index in [4.69, 9.17) is 0 Å². The van der Waals surface area contributed by atoms with E-state index in [0.29, 0.717) is 5.56 Å². The summed E-state index contributed by atoms with van der Waals surface area (Å²) in [6.07, 6.45) is -0.0483. The van der Waals surface area contributed by atoms with E-state index < -0.39 is 4.92 Å². The first-order valence-electron chi connectivity index (χ1n) is 8.26. The summed E-state index contributed by atoms with van der Waals surface area (Å²) in [4.78, 5) is 23.3. The van der Waals surface area contributed by atoms with E-state index in [-0.39, 0.29) is 24.1 Å². The molecule has 3 rings (SSSR count). The number of carbonyl (C=O) groups excluding carboxylic acids is 1. The van der Waals surface area contributed by atoms with Crippen molar-refractivity contribution in [2.45, 2.75) is 12.5 Å². The lowest BCUT2D eigenvalue weighted by molar-refractivity contribution is -0.385. The van der Waals surface area contributed by atoms with E-state index in [1.54, 1.807) is 18.2 Å². The average Bonchev–Trinajstić information content (AvgIpc) is 2.68. The van der Waals surface area contributed by atoms with Crippen molar-refractivity contribution in [2.75, 3.05) is 0 Å². The molecule has 1 amide bonds. The second-order valence-electron chi connectivity index (χ2n) is 5.88. The molecule has 5 heteroatoms. The molecule has 0 spiro atoms. The van der Waals surface area contributed by atoms with Crippen molar-refractivity contribution in [2.24, 2.45) is 0 Å². The van der Waals surface area contributed by atoms with E-state index in [9.17, 15) is 14.9 Å². The van der Waals surface area contributed by atoms with Gasteiger partial charge in [0.05, 0.1) is 17.4 Å². The number of amides is 1. The molecule has 0 aliphatic rings. The molecule has 26 heavy (non-hydrogen) atoms. The van der Waals surface area contributed by atoms with Crippen molar-refractivity contribution in [3.05, 3.63) is 112 Å². The lowest BCUT2D eigenvalue weighted by Gasteiger charge is -2.20. The fraction of sp³-hybridized carbons (Fsp3) is 0.0952. The predicted octanol–water partition coefficient (Wildman–Crippen LogP) is 4.04. The summed E-state index contributed by atoms with van der Waals surface area (Å²) in [6.45, 7) is 0. The van der Waals surface area contributed by atoms with Crippen LogP contribution in [0, 0.1) is 10.1 Å². The van der Waals surface area contributed by atoms with Crippen LogP contribution in [-0.4, -0.2) is 10.8 Å². The Labute approximate surface area is 151 Å².